The van der Waals surface area contributed by atoms with E-state index in [0.29, 0.717) is 15.7 Å². The highest BCUT2D eigenvalue weighted by molar-refractivity contribution is 9.10. The number of hydrogen-bond acceptors (Lipinski definition) is 3. The molecular weight excluding hydrogens is 364 g/mol. The first-order valence-electron chi connectivity index (χ1n) is 6.95. The lowest BCUT2D eigenvalue weighted by Gasteiger charge is -2.18. The number of anilines is 1. The number of benzene rings is 1. The second-order valence-corrected chi connectivity index (χ2v) is 6.18. The summed E-state index contributed by atoms with van der Waals surface area (Å²) in [4.78, 5) is 37.2. The topological polar surface area (TPSA) is 79.6 Å². The fourth-order valence-corrected chi connectivity index (χ4v) is 3.09. The summed E-state index contributed by atoms with van der Waals surface area (Å²) in [5.41, 5.74) is 0.923. The lowest BCUT2D eigenvalue weighted by Crippen LogP contribution is -2.36. The summed E-state index contributed by atoms with van der Waals surface area (Å²) in [6.07, 6.45) is 1.54. The third-order valence-electron chi connectivity index (χ3n) is 3.82. The van der Waals surface area contributed by atoms with Crippen LogP contribution in [0.1, 0.15) is 11.5 Å². The third kappa shape index (κ3) is 2.92. The highest BCUT2D eigenvalue weighted by Crippen LogP contribution is 2.36. The van der Waals surface area contributed by atoms with Crippen LogP contribution in [0.2, 0.25) is 0 Å². The molecule has 1 amide bonds. The Morgan fingerprint density at radius 3 is 2.70 bits per heavy atom. The maximum absolute atomic E-state index is 12.6. The summed E-state index contributed by atoms with van der Waals surface area (Å²) in [6, 6.07) is 9.92. The smallest absolute Gasteiger partial charge is 0.312 e. The largest absolute Gasteiger partial charge is 0.481 e. The van der Waals surface area contributed by atoms with E-state index < -0.39 is 11.9 Å². The minimum Gasteiger partial charge on any atom is -0.481 e. The molecule has 2 aromatic rings. The number of para-hydroxylation sites is 1. The Hall–Kier alpha value is -2.41. The van der Waals surface area contributed by atoms with Gasteiger partial charge in [0.05, 0.1) is 0 Å². The number of carbonyl (C=O) groups is 2. The number of amides is 1. The van der Waals surface area contributed by atoms with Crippen molar-refractivity contribution in [1.29, 1.82) is 0 Å². The number of carboxylic acid groups (broad SMARTS) is 1. The molecule has 0 spiro atoms. The van der Waals surface area contributed by atoms with Crippen molar-refractivity contribution in [3.63, 3.8) is 0 Å². The summed E-state index contributed by atoms with van der Waals surface area (Å²) >= 11 is 3.26. The number of pyridine rings is 1. The molecule has 7 heteroatoms. The summed E-state index contributed by atoms with van der Waals surface area (Å²) in [7, 11) is 0. The zero-order valence-corrected chi connectivity index (χ0v) is 13.6. The molecule has 0 bridgehead atoms. The normalized spacial score (nSPS) is 16.2. The predicted molar refractivity (Wildman–Crippen MR) is 87.6 cm³/mol. The lowest BCUT2D eigenvalue weighted by molar-refractivity contribution is -0.138. The van der Waals surface area contributed by atoms with Crippen molar-refractivity contribution >= 4 is 33.5 Å². The van der Waals surface area contributed by atoms with Gasteiger partial charge in [0.25, 0.3) is 5.56 Å². The Labute approximate surface area is 140 Å². The van der Waals surface area contributed by atoms with E-state index in [0.717, 1.165) is 0 Å². The van der Waals surface area contributed by atoms with Gasteiger partial charge in [-0.3, -0.25) is 14.4 Å². The highest BCUT2D eigenvalue weighted by atomic mass is 79.9. The molecule has 1 aromatic carbocycles. The molecular formula is C16H13BrN2O4. The summed E-state index contributed by atoms with van der Waals surface area (Å²) in [5, 5.41) is 9.33. The Kier molecular flexibility index (Phi) is 4.04. The molecule has 118 valence electrons. The summed E-state index contributed by atoms with van der Waals surface area (Å²) < 4.78 is 1.98. The van der Waals surface area contributed by atoms with Crippen LogP contribution in [0, 0.1) is 0 Å². The van der Waals surface area contributed by atoms with Gasteiger partial charge in [-0.1, -0.05) is 18.2 Å². The number of rotatable bonds is 3. The van der Waals surface area contributed by atoms with Crippen LogP contribution in [-0.4, -0.2) is 28.1 Å². The van der Waals surface area contributed by atoms with Gasteiger partial charge >= 0.3 is 5.97 Å². The van der Waals surface area contributed by atoms with Crippen molar-refractivity contribution < 1.29 is 14.7 Å². The van der Waals surface area contributed by atoms with E-state index in [1.165, 1.54) is 21.7 Å². The minimum absolute atomic E-state index is 0.0796. The monoisotopic (exact) mass is 376 g/mol. The number of hydrogen-bond donors (Lipinski definition) is 1. The fraction of sp³-hybridized carbons (Fsp3) is 0.188. The van der Waals surface area contributed by atoms with Crippen LogP contribution in [0.4, 0.5) is 5.69 Å². The second kappa shape index (κ2) is 6.00. The van der Waals surface area contributed by atoms with E-state index in [4.69, 9.17) is 0 Å². The van der Waals surface area contributed by atoms with Crippen molar-refractivity contribution in [3.05, 3.63) is 63.0 Å². The first-order valence-corrected chi connectivity index (χ1v) is 7.75. The molecule has 0 radical (unpaired) electrons. The van der Waals surface area contributed by atoms with Gasteiger partial charge in [0, 0.05) is 29.0 Å². The van der Waals surface area contributed by atoms with Crippen LogP contribution in [-0.2, 0) is 16.1 Å². The minimum atomic E-state index is -0.965. The van der Waals surface area contributed by atoms with E-state index in [-0.39, 0.29) is 24.6 Å². The van der Waals surface area contributed by atoms with Crippen LogP contribution in [0.5, 0.6) is 0 Å². The number of nitrogens with zero attached hydrogens (tertiary/aromatic N) is 2. The molecule has 1 aliphatic rings. The average molecular weight is 377 g/mol. The highest BCUT2D eigenvalue weighted by Gasteiger charge is 2.36. The van der Waals surface area contributed by atoms with Crippen LogP contribution in [0.25, 0.3) is 0 Å². The molecule has 1 N–H and O–H groups in total. The molecule has 3 rings (SSSR count). The molecule has 2 heterocycles. The first kappa shape index (κ1) is 15.5. The second-order valence-electron chi connectivity index (χ2n) is 5.27. The van der Waals surface area contributed by atoms with Crippen molar-refractivity contribution in [2.45, 2.75) is 12.5 Å². The van der Waals surface area contributed by atoms with Gasteiger partial charge in [-0.25, -0.2) is 0 Å². The first-order chi connectivity index (χ1) is 11.0. The van der Waals surface area contributed by atoms with Crippen LogP contribution >= 0.6 is 15.9 Å². The standard InChI is InChI=1S/C16H13BrN2O4/c17-10-5-6-14(20)18(7-10)9-15(21)19-8-12(16(22)23)11-3-1-2-4-13(11)19/h1-7,12H,8-9H2,(H,22,23)/t12-/m0/s1. The molecule has 0 saturated heterocycles. The molecule has 1 aromatic heterocycles. The summed E-state index contributed by atoms with van der Waals surface area (Å²) in [6.45, 7) is -0.0603. The average Bonchev–Trinajstić information content (AvgIpc) is 2.91. The van der Waals surface area contributed by atoms with Crippen molar-refractivity contribution in [1.82, 2.24) is 4.57 Å². The van der Waals surface area contributed by atoms with Gasteiger partial charge < -0.3 is 14.6 Å². The third-order valence-corrected chi connectivity index (χ3v) is 4.29. The van der Waals surface area contributed by atoms with Gasteiger partial charge in [-0.05, 0) is 33.6 Å². The van der Waals surface area contributed by atoms with Gasteiger partial charge in [0.2, 0.25) is 5.91 Å². The fourth-order valence-electron chi connectivity index (χ4n) is 2.71. The van der Waals surface area contributed by atoms with E-state index in [1.807, 2.05) is 0 Å². The van der Waals surface area contributed by atoms with E-state index in [9.17, 15) is 19.5 Å². The molecule has 1 atom stereocenters. The van der Waals surface area contributed by atoms with Gasteiger partial charge in [0.15, 0.2) is 0 Å². The molecule has 6 nitrogen and oxygen atoms in total. The number of aliphatic carboxylic acids is 1. The Morgan fingerprint density at radius 2 is 1.96 bits per heavy atom. The number of carbonyl (C=O) groups excluding carboxylic acids is 1. The maximum atomic E-state index is 12.6. The number of carboxylic acids is 1. The zero-order chi connectivity index (χ0) is 16.6. The van der Waals surface area contributed by atoms with Gasteiger partial charge in [-0.15, -0.1) is 0 Å². The number of fused-ring (bicyclic) bond motifs is 1. The molecule has 0 unspecified atom stereocenters. The van der Waals surface area contributed by atoms with Crippen molar-refractivity contribution in [2.75, 3.05) is 11.4 Å². The van der Waals surface area contributed by atoms with E-state index in [2.05, 4.69) is 15.9 Å². The molecule has 1 aliphatic heterocycles. The Bertz CT molecular complexity index is 846. The predicted octanol–water partition coefficient (Wildman–Crippen LogP) is 1.83. The number of aromatic nitrogens is 1. The van der Waals surface area contributed by atoms with Crippen molar-refractivity contribution in [2.24, 2.45) is 0 Å². The van der Waals surface area contributed by atoms with Gasteiger partial charge in [0.1, 0.15) is 12.5 Å². The molecule has 0 saturated carbocycles. The number of halogens is 1. The Balaban J connectivity index is 1.90. The van der Waals surface area contributed by atoms with E-state index in [1.54, 1.807) is 30.3 Å². The van der Waals surface area contributed by atoms with Crippen LogP contribution in [0.15, 0.2) is 51.9 Å². The molecule has 0 fully saturated rings. The van der Waals surface area contributed by atoms with E-state index >= 15 is 0 Å². The maximum Gasteiger partial charge on any atom is 0.312 e. The SMILES string of the molecule is O=C(O)[C@H]1CN(C(=O)Cn2cc(Br)ccc2=O)c2ccccc21. The summed E-state index contributed by atoms with van der Waals surface area (Å²) in [5.74, 6) is -2.02. The quantitative estimate of drug-likeness (QED) is 0.885. The van der Waals surface area contributed by atoms with Crippen LogP contribution in [0.3, 0.4) is 0 Å². The van der Waals surface area contributed by atoms with Crippen LogP contribution < -0.4 is 10.5 Å². The lowest BCUT2D eigenvalue weighted by atomic mass is 10.0. The van der Waals surface area contributed by atoms with Crippen molar-refractivity contribution in [3.8, 4) is 0 Å². The molecule has 0 aliphatic carbocycles. The molecule has 23 heavy (non-hydrogen) atoms. The zero-order valence-electron chi connectivity index (χ0n) is 12.0. The Morgan fingerprint density at radius 1 is 1.22 bits per heavy atom. The van der Waals surface area contributed by atoms with Gasteiger partial charge in [-0.2, -0.15) is 0 Å².